The van der Waals surface area contributed by atoms with Crippen molar-refractivity contribution in [3.63, 3.8) is 0 Å². The van der Waals surface area contributed by atoms with Gasteiger partial charge in [-0.25, -0.2) is 9.97 Å². The van der Waals surface area contributed by atoms with Gasteiger partial charge in [0.1, 0.15) is 0 Å². The van der Waals surface area contributed by atoms with E-state index < -0.39 is 0 Å². The molecule has 0 aliphatic rings. The molecule has 1 aromatic heterocycles. The summed E-state index contributed by atoms with van der Waals surface area (Å²) < 4.78 is 0. The lowest BCUT2D eigenvalue weighted by Crippen LogP contribution is -2.01. The van der Waals surface area contributed by atoms with Crippen LogP contribution >= 0.6 is 0 Å². The maximum atomic E-state index is 4.27. The highest BCUT2D eigenvalue weighted by molar-refractivity contribution is 5.62. The lowest BCUT2D eigenvalue weighted by Gasteiger charge is -2.04. The van der Waals surface area contributed by atoms with Crippen LogP contribution in [0, 0.1) is 0 Å². The number of aryl methyl sites for hydroxylation is 1. The highest BCUT2D eigenvalue weighted by Gasteiger charge is 1.99. The molecule has 0 aliphatic carbocycles. The maximum absolute atomic E-state index is 4.27. The molecule has 1 aromatic carbocycles. The van der Waals surface area contributed by atoms with Crippen molar-refractivity contribution in [3.8, 4) is 11.1 Å². The predicted octanol–water partition coefficient (Wildman–Crippen LogP) is 3.14. The van der Waals surface area contributed by atoms with E-state index in [2.05, 4.69) is 46.5 Å². The van der Waals surface area contributed by atoms with Crippen LogP contribution in [0.3, 0.4) is 0 Å². The van der Waals surface area contributed by atoms with E-state index in [1.807, 2.05) is 19.3 Å². The van der Waals surface area contributed by atoms with E-state index in [0.717, 1.165) is 24.1 Å². The smallest absolute Gasteiger partial charge is 0.222 e. The molecule has 0 bridgehead atoms. The minimum absolute atomic E-state index is 0.682. The minimum atomic E-state index is 0.682. The molecule has 0 atom stereocenters. The highest BCUT2D eigenvalue weighted by Crippen LogP contribution is 2.18. The molecule has 0 spiro atoms. The Labute approximate surface area is 102 Å². The monoisotopic (exact) mass is 227 g/mol. The first-order chi connectivity index (χ1) is 8.33. The number of hydrogen-bond donors (Lipinski definition) is 1. The van der Waals surface area contributed by atoms with Crippen LogP contribution in [0.15, 0.2) is 36.7 Å². The van der Waals surface area contributed by atoms with Crippen LogP contribution < -0.4 is 5.32 Å². The summed E-state index contributed by atoms with van der Waals surface area (Å²) in [4.78, 5) is 8.53. The van der Waals surface area contributed by atoms with E-state index in [0.29, 0.717) is 5.95 Å². The largest absolute Gasteiger partial charge is 0.355 e. The third kappa shape index (κ3) is 2.81. The zero-order valence-electron chi connectivity index (χ0n) is 10.3. The summed E-state index contributed by atoms with van der Waals surface area (Å²) in [6.45, 7) is 5.02. The summed E-state index contributed by atoms with van der Waals surface area (Å²) in [6.07, 6.45) is 4.77. The average molecular weight is 227 g/mol. The summed E-state index contributed by atoms with van der Waals surface area (Å²) in [7, 11) is 0. The minimum Gasteiger partial charge on any atom is -0.355 e. The SMILES string of the molecule is CCNc1ncc(-c2ccc(CC)cc2)cn1. The van der Waals surface area contributed by atoms with E-state index in [4.69, 9.17) is 0 Å². The van der Waals surface area contributed by atoms with Crippen LogP contribution in [-0.4, -0.2) is 16.5 Å². The molecular formula is C14H17N3. The van der Waals surface area contributed by atoms with Gasteiger partial charge in [-0.05, 0) is 24.5 Å². The lowest BCUT2D eigenvalue weighted by atomic mass is 10.1. The Hall–Kier alpha value is -1.90. The number of hydrogen-bond acceptors (Lipinski definition) is 3. The average Bonchev–Trinajstić information content (AvgIpc) is 2.40. The van der Waals surface area contributed by atoms with E-state index in [9.17, 15) is 0 Å². The van der Waals surface area contributed by atoms with Crippen molar-refractivity contribution in [2.24, 2.45) is 0 Å². The normalized spacial score (nSPS) is 10.2. The zero-order chi connectivity index (χ0) is 12.1. The van der Waals surface area contributed by atoms with Crippen LogP contribution in [0.2, 0.25) is 0 Å². The number of nitrogens with zero attached hydrogens (tertiary/aromatic N) is 2. The molecule has 3 nitrogen and oxygen atoms in total. The molecule has 0 amide bonds. The van der Waals surface area contributed by atoms with Crippen LogP contribution in [0.1, 0.15) is 19.4 Å². The predicted molar refractivity (Wildman–Crippen MR) is 71.0 cm³/mol. The summed E-state index contributed by atoms with van der Waals surface area (Å²) in [5.41, 5.74) is 3.55. The molecule has 2 aromatic rings. The van der Waals surface area contributed by atoms with Crippen LogP contribution in [0.25, 0.3) is 11.1 Å². The second kappa shape index (κ2) is 5.43. The van der Waals surface area contributed by atoms with Crippen molar-refractivity contribution < 1.29 is 0 Å². The standard InChI is InChI=1S/C14H17N3/c1-3-11-5-7-12(8-6-11)13-9-16-14(15-4-2)17-10-13/h5-10H,3-4H2,1-2H3,(H,15,16,17). The van der Waals surface area contributed by atoms with Crippen molar-refractivity contribution in [3.05, 3.63) is 42.2 Å². The van der Waals surface area contributed by atoms with Gasteiger partial charge in [0.25, 0.3) is 0 Å². The molecule has 2 rings (SSSR count). The molecule has 88 valence electrons. The van der Waals surface area contributed by atoms with E-state index in [-0.39, 0.29) is 0 Å². The molecule has 0 saturated heterocycles. The molecule has 3 heteroatoms. The number of benzene rings is 1. The second-order valence-electron chi connectivity index (χ2n) is 3.88. The number of nitrogens with one attached hydrogen (secondary N) is 1. The van der Waals surface area contributed by atoms with Crippen molar-refractivity contribution in [1.82, 2.24) is 9.97 Å². The molecule has 1 heterocycles. The van der Waals surface area contributed by atoms with Crippen molar-refractivity contribution in [2.45, 2.75) is 20.3 Å². The highest BCUT2D eigenvalue weighted by atomic mass is 15.1. The first kappa shape index (κ1) is 11.6. The fourth-order valence-electron chi connectivity index (χ4n) is 1.66. The fourth-order valence-corrected chi connectivity index (χ4v) is 1.66. The Morgan fingerprint density at radius 1 is 0.941 bits per heavy atom. The zero-order valence-corrected chi connectivity index (χ0v) is 10.3. The maximum Gasteiger partial charge on any atom is 0.222 e. The van der Waals surface area contributed by atoms with Gasteiger partial charge in [0.2, 0.25) is 5.95 Å². The number of rotatable bonds is 4. The topological polar surface area (TPSA) is 37.8 Å². The van der Waals surface area contributed by atoms with Crippen LogP contribution in [0.5, 0.6) is 0 Å². The van der Waals surface area contributed by atoms with Gasteiger partial charge >= 0.3 is 0 Å². The third-order valence-electron chi connectivity index (χ3n) is 2.68. The first-order valence-electron chi connectivity index (χ1n) is 5.98. The van der Waals surface area contributed by atoms with Crippen molar-refractivity contribution in [1.29, 1.82) is 0 Å². The van der Waals surface area contributed by atoms with Crippen molar-refractivity contribution in [2.75, 3.05) is 11.9 Å². The molecule has 0 fully saturated rings. The van der Waals surface area contributed by atoms with Gasteiger partial charge in [-0.15, -0.1) is 0 Å². The van der Waals surface area contributed by atoms with Gasteiger partial charge in [-0.1, -0.05) is 31.2 Å². The molecule has 0 radical (unpaired) electrons. The van der Waals surface area contributed by atoms with Gasteiger partial charge in [0.15, 0.2) is 0 Å². The number of aromatic nitrogens is 2. The van der Waals surface area contributed by atoms with Gasteiger partial charge < -0.3 is 5.32 Å². The fraction of sp³-hybridized carbons (Fsp3) is 0.286. The Morgan fingerprint density at radius 2 is 1.59 bits per heavy atom. The van der Waals surface area contributed by atoms with Crippen LogP contribution in [0.4, 0.5) is 5.95 Å². The molecule has 0 aliphatic heterocycles. The lowest BCUT2D eigenvalue weighted by molar-refractivity contribution is 1.09. The molecule has 0 saturated carbocycles. The van der Waals surface area contributed by atoms with Crippen molar-refractivity contribution >= 4 is 5.95 Å². The molecular weight excluding hydrogens is 210 g/mol. The van der Waals surface area contributed by atoms with Gasteiger partial charge in [0, 0.05) is 24.5 Å². The number of anilines is 1. The van der Waals surface area contributed by atoms with Crippen LogP contribution in [-0.2, 0) is 6.42 Å². The Bertz CT molecular complexity index is 460. The Morgan fingerprint density at radius 3 is 2.12 bits per heavy atom. The Kier molecular flexibility index (Phi) is 3.70. The first-order valence-corrected chi connectivity index (χ1v) is 5.98. The molecule has 0 unspecified atom stereocenters. The van der Waals surface area contributed by atoms with Gasteiger partial charge in [-0.2, -0.15) is 0 Å². The molecule has 1 N–H and O–H groups in total. The van der Waals surface area contributed by atoms with Gasteiger partial charge in [0.05, 0.1) is 0 Å². The second-order valence-corrected chi connectivity index (χ2v) is 3.88. The van der Waals surface area contributed by atoms with E-state index in [1.54, 1.807) is 0 Å². The van der Waals surface area contributed by atoms with E-state index in [1.165, 1.54) is 5.56 Å². The third-order valence-corrected chi connectivity index (χ3v) is 2.68. The Balaban J connectivity index is 2.20. The van der Waals surface area contributed by atoms with E-state index >= 15 is 0 Å². The quantitative estimate of drug-likeness (QED) is 0.872. The van der Waals surface area contributed by atoms with Gasteiger partial charge in [-0.3, -0.25) is 0 Å². The summed E-state index contributed by atoms with van der Waals surface area (Å²) >= 11 is 0. The summed E-state index contributed by atoms with van der Waals surface area (Å²) in [5, 5.41) is 3.08. The summed E-state index contributed by atoms with van der Waals surface area (Å²) in [5.74, 6) is 0.682. The molecule has 17 heavy (non-hydrogen) atoms. The summed E-state index contributed by atoms with van der Waals surface area (Å²) in [6, 6.07) is 8.52.